The summed E-state index contributed by atoms with van der Waals surface area (Å²) in [7, 11) is 0. The van der Waals surface area contributed by atoms with Gasteiger partial charge in [0.25, 0.3) is 0 Å². The molecular weight excluding hydrogens is 376 g/mol. The Morgan fingerprint density at radius 3 is 1.27 bits per heavy atom. The molecule has 0 radical (unpaired) electrons. The van der Waals surface area contributed by atoms with Crippen LogP contribution in [0.1, 0.15) is 117 Å². The van der Waals surface area contributed by atoms with Crippen LogP contribution in [0.5, 0.6) is 11.5 Å². The minimum atomic E-state index is -0.267. The molecule has 0 saturated heterocycles. The second-order valence-corrected chi connectivity index (χ2v) is 8.14. The van der Waals surface area contributed by atoms with Crippen LogP contribution in [0.15, 0.2) is 24.3 Å². The summed E-state index contributed by atoms with van der Waals surface area (Å²) in [6.45, 7) is 4.41. The zero-order valence-electron chi connectivity index (χ0n) is 19.3. The third-order valence-corrected chi connectivity index (χ3v) is 5.27. The molecule has 0 N–H and O–H groups in total. The normalized spacial score (nSPS) is 10.7. The summed E-state index contributed by atoms with van der Waals surface area (Å²) < 4.78 is 10.9. The molecular formula is C26H42O4. The van der Waals surface area contributed by atoms with Crippen LogP contribution in [0.3, 0.4) is 0 Å². The minimum Gasteiger partial charge on any atom is -0.423 e. The van der Waals surface area contributed by atoms with E-state index in [9.17, 15) is 9.59 Å². The summed E-state index contributed by atoms with van der Waals surface area (Å²) in [5.74, 6) is 0.133. The fraction of sp³-hybridized carbons (Fsp3) is 0.692. The van der Waals surface area contributed by atoms with Crippen LogP contribution in [0.25, 0.3) is 0 Å². The molecule has 0 spiro atoms. The van der Waals surface area contributed by atoms with E-state index in [0.717, 1.165) is 32.1 Å². The highest BCUT2D eigenvalue weighted by Crippen LogP contribution is 2.27. The summed E-state index contributed by atoms with van der Waals surface area (Å²) in [6, 6.07) is 6.92. The van der Waals surface area contributed by atoms with E-state index >= 15 is 0 Å². The number of benzene rings is 1. The number of rotatable bonds is 18. The van der Waals surface area contributed by atoms with Crippen molar-refractivity contribution in [1.82, 2.24) is 0 Å². The van der Waals surface area contributed by atoms with Crippen LogP contribution in [0, 0.1) is 0 Å². The smallest absolute Gasteiger partial charge is 0.311 e. The Morgan fingerprint density at radius 1 is 0.567 bits per heavy atom. The van der Waals surface area contributed by atoms with Crippen molar-refractivity contribution in [1.29, 1.82) is 0 Å². The standard InChI is InChI=1S/C26H42O4/c1-3-5-7-9-11-12-14-16-22-26(28)30-24-20-18-17-19-23(24)29-25(27)21-15-13-10-8-6-4-2/h17-20H,3-16,21-22H2,1-2H3. The summed E-state index contributed by atoms with van der Waals surface area (Å²) in [5, 5.41) is 0. The summed E-state index contributed by atoms with van der Waals surface area (Å²) in [5.41, 5.74) is 0. The Bertz CT molecular complexity index is 582. The van der Waals surface area contributed by atoms with Crippen LogP contribution < -0.4 is 9.47 Å². The lowest BCUT2D eigenvalue weighted by Gasteiger charge is -2.10. The van der Waals surface area contributed by atoms with E-state index in [1.54, 1.807) is 24.3 Å². The highest BCUT2D eigenvalue weighted by atomic mass is 16.6. The molecule has 0 heterocycles. The maximum Gasteiger partial charge on any atom is 0.311 e. The summed E-state index contributed by atoms with van der Waals surface area (Å²) in [4.78, 5) is 24.3. The molecule has 30 heavy (non-hydrogen) atoms. The molecule has 0 fully saturated rings. The predicted molar refractivity (Wildman–Crippen MR) is 123 cm³/mol. The number of hydrogen-bond donors (Lipinski definition) is 0. The number of ether oxygens (including phenoxy) is 2. The average Bonchev–Trinajstić information content (AvgIpc) is 2.74. The first-order valence-electron chi connectivity index (χ1n) is 12.2. The molecule has 1 rings (SSSR count). The van der Waals surface area contributed by atoms with Gasteiger partial charge in [-0.2, -0.15) is 0 Å². The summed E-state index contributed by atoms with van der Waals surface area (Å²) >= 11 is 0. The van der Waals surface area contributed by atoms with Gasteiger partial charge in [-0.3, -0.25) is 9.59 Å². The van der Waals surface area contributed by atoms with Gasteiger partial charge in [-0.05, 0) is 25.0 Å². The van der Waals surface area contributed by atoms with E-state index in [2.05, 4.69) is 13.8 Å². The summed E-state index contributed by atoms with van der Waals surface area (Å²) in [6.07, 6.45) is 17.0. The first kappa shape index (κ1) is 26.2. The highest BCUT2D eigenvalue weighted by Gasteiger charge is 2.13. The zero-order valence-corrected chi connectivity index (χ0v) is 19.3. The third kappa shape index (κ3) is 13.4. The van der Waals surface area contributed by atoms with Crippen molar-refractivity contribution in [3.8, 4) is 11.5 Å². The number of esters is 2. The Kier molecular flexibility index (Phi) is 15.7. The maximum atomic E-state index is 12.2. The van der Waals surface area contributed by atoms with Gasteiger partial charge < -0.3 is 9.47 Å². The Hall–Kier alpha value is -1.84. The molecule has 4 heteroatoms. The fourth-order valence-corrected chi connectivity index (χ4v) is 3.42. The van der Waals surface area contributed by atoms with E-state index in [4.69, 9.17) is 9.47 Å². The number of carbonyl (C=O) groups is 2. The minimum absolute atomic E-state index is 0.264. The van der Waals surface area contributed by atoms with Crippen molar-refractivity contribution in [2.24, 2.45) is 0 Å². The Morgan fingerprint density at radius 2 is 0.900 bits per heavy atom. The molecule has 0 atom stereocenters. The van der Waals surface area contributed by atoms with Gasteiger partial charge in [0, 0.05) is 12.8 Å². The lowest BCUT2D eigenvalue weighted by Crippen LogP contribution is -2.12. The quantitative estimate of drug-likeness (QED) is 0.139. The topological polar surface area (TPSA) is 52.6 Å². The number of unbranched alkanes of at least 4 members (excludes halogenated alkanes) is 12. The van der Waals surface area contributed by atoms with Crippen molar-refractivity contribution in [3.05, 3.63) is 24.3 Å². The molecule has 0 amide bonds. The molecule has 0 saturated carbocycles. The van der Waals surface area contributed by atoms with E-state index in [0.29, 0.717) is 24.3 Å². The van der Waals surface area contributed by atoms with Gasteiger partial charge in [0.05, 0.1) is 0 Å². The second kappa shape index (κ2) is 18.0. The lowest BCUT2D eigenvalue weighted by atomic mass is 10.1. The van der Waals surface area contributed by atoms with Gasteiger partial charge in [0.15, 0.2) is 11.5 Å². The SMILES string of the molecule is CCCCCCCCCCC(=O)Oc1ccccc1OC(=O)CCCCCCCC. The van der Waals surface area contributed by atoms with Crippen molar-refractivity contribution < 1.29 is 19.1 Å². The van der Waals surface area contributed by atoms with Crippen LogP contribution in [-0.2, 0) is 9.59 Å². The van der Waals surface area contributed by atoms with Gasteiger partial charge in [0.1, 0.15) is 0 Å². The fourth-order valence-electron chi connectivity index (χ4n) is 3.42. The maximum absolute atomic E-state index is 12.2. The Balaban J connectivity index is 2.26. The molecule has 0 aromatic heterocycles. The van der Waals surface area contributed by atoms with Gasteiger partial charge in [-0.15, -0.1) is 0 Å². The lowest BCUT2D eigenvalue weighted by molar-refractivity contribution is -0.137. The van der Waals surface area contributed by atoms with Crippen LogP contribution in [0.4, 0.5) is 0 Å². The third-order valence-electron chi connectivity index (χ3n) is 5.27. The molecule has 1 aromatic carbocycles. The average molecular weight is 419 g/mol. The van der Waals surface area contributed by atoms with Crippen LogP contribution in [-0.4, -0.2) is 11.9 Å². The van der Waals surface area contributed by atoms with E-state index in [-0.39, 0.29) is 11.9 Å². The van der Waals surface area contributed by atoms with Crippen LogP contribution in [0.2, 0.25) is 0 Å². The molecule has 4 nitrogen and oxygen atoms in total. The largest absolute Gasteiger partial charge is 0.423 e. The first-order valence-corrected chi connectivity index (χ1v) is 12.2. The van der Waals surface area contributed by atoms with E-state index in [1.807, 2.05) is 0 Å². The molecule has 0 aliphatic carbocycles. The molecule has 1 aromatic rings. The monoisotopic (exact) mass is 418 g/mol. The molecule has 0 unspecified atom stereocenters. The van der Waals surface area contributed by atoms with E-state index < -0.39 is 0 Å². The molecule has 0 bridgehead atoms. The molecule has 170 valence electrons. The van der Waals surface area contributed by atoms with Crippen LogP contribution >= 0.6 is 0 Å². The number of para-hydroxylation sites is 2. The number of hydrogen-bond acceptors (Lipinski definition) is 4. The molecule has 0 aliphatic rings. The predicted octanol–water partition coefficient (Wildman–Crippen LogP) is 7.78. The highest BCUT2D eigenvalue weighted by molar-refractivity contribution is 5.76. The Labute approximate surface area is 183 Å². The first-order chi connectivity index (χ1) is 14.7. The van der Waals surface area contributed by atoms with Gasteiger partial charge >= 0.3 is 11.9 Å². The second-order valence-electron chi connectivity index (χ2n) is 8.14. The zero-order chi connectivity index (χ0) is 21.9. The van der Waals surface area contributed by atoms with Gasteiger partial charge in [0.2, 0.25) is 0 Å². The van der Waals surface area contributed by atoms with E-state index in [1.165, 1.54) is 57.8 Å². The van der Waals surface area contributed by atoms with Crippen molar-refractivity contribution in [2.75, 3.05) is 0 Å². The number of carbonyl (C=O) groups excluding carboxylic acids is 2. The van der Waals surface area contributed by atoms with Crippen molar-refractivity contribution in [2.45, 2.75) is 117 Å². The molecule has 0 aliphatic heterocycles. The van der Waals surface area contributed by atoms with Crippen molar-refractivity contribution >= 4 is 11.9 Å². The van der Waals surface area contributed by atoms with Gasteiger partial charge in [-0.25, -0.2) is 0 Å². The van der Waals surface area contributed by atoms with Gasteiger partial charge in [-0.1, -0.05) is 103 Å². The van der Waals surface area contributed by atoms with Crippen molar-refractivity contribution in [3.63, 3.8) is 0 Å².